The quantitative estimate of drug-likeness (QED) is 0.341. The van der Waals surface area contributed by atoms with Gasteiger partial charge in [-0.15, -0.1) is 0 Å². The summed E-state index contributed by atoms with van der Waals surface area (Å²) in [7, 11) is 0. The number of nitrogens with zero attached hydrogens (tertiary/aromatic N) is 1. The molecule has 1 atom stereocenters. The molecule has 31 heavy (non-hydrogen) atoms. The molecule has 1 aliphatic rings. The van der Waals surface area contributed by atoms with Gasteiger partial charge in [0.05, 0.1) is 5.92 Å². The summed E-state index contributed by atoms with van der Waals surface area (Å²) in [6.07, 6.45) is 10.4. The largest absolute Gasteiger partial charge is 0.372 e. The highest BCUT2D eigenvalue weighted by Gasteiger charge is 2.23. The van der Waals surface area contributed by atoms with Gasteiger partial charge in [0.25, 0.3) is 0 Å². The molecule has 0 aliphatic carbocycles. The minimum atomic E-state index is -0.373. The summed E-state index contributed by atoms with van der Waals surface area (Å²) < 4.78 is 13.5. The number of benzene rings is 2. The average Bonchev–Trinajstić information content (AvgIpc) is 2.80. The third-order valence-corrected chi connectivity index (χ3v) is 5.99. The zero-order chi connectivity index (χ0) is 22.2. The van der Waals surface area contributed by atoms with Gasteiger partial charge in [0.2, 0.25) is 0 Å². The van der Waals surface area contributed by atoms with E-state index in [0.29, 0.717) is 12.0 Å². The molecule has 0 spiro atoms. The van der Waals surface area contributed by atoms with Crippen molar-refractivity contribution in [3.8, 4) is 0 Å². The van der Waals surface area contributed by atoms with Gasteiger partial charge in [0.15, 0.2) is 5.78 Å². The fraction of sp³-hybridized carbons (Fsp3) is 0.321. The van der Waals surface area contributed by atoms with E-state index >= 15 is 0 Å². The van der Waals surface area contributed by atoms with Crippen LogP contribution >= 0.6 is 0 Å². The fourth-order valence-electron chi connectivity index (χ4n) is 3.98. The molecule has 0 saturated carbocycles. The van der Waals surface area contributed by atoms with Crippen LogP contribution in [0.1, 0.15) is 60.0 Å². The first-order chi connectivity index (χ1) is 15.0. The number of likely N-dealkylation sites (tertiary alicyclic amines) is 1. The number of hydrogen-bond donors (Lipinski definition) is 0. The van der Waals surface area contributed by atoms with E-state index in [1.807, 2.05) is 44.2 Å². The summed E-state index contributed by atoms with van der Waals surface area (Å²) in [5.74, 6) is -0.620. The summed E-state index contributed by atoms with van der Waals surface area (Å²) in [6.45, 7) is 10.3. The molecule has 1 aliphatic heterocycles. The number of carbonyl (C=O) groups excluding carboxylic acids is 1. The van der Waals surface area contributed by atoms with Crippen molar-refractivity contribution in [2.75, 3.05) is 13.1 Å². The molecule has 2 nitrogen and oxygen atoms in total. The van der Waals surface area contributed by atoms with Crippen LogP contribution in [0.4, 0.5) is 4.39 Å². The Morgan fingerprint density at radius 3 is 2.29 bits per heavy atom. The maximum absolute atomic E-state index is 13.5. The predicted molar refractivity (Wildman–Crippen MR) is 127 cm³/mol. The topological polar surface area (TPSA) is 20.3 Å². The zero-order valence-electron chi connectivity index (χ0n) is 18.6. The van der Waals surface area contributed by atoms with Crippen LogP contribution in [-0.2, 0) is 0 Å². The summed E-state index contributed by atoms with van der Waals surface area (Å²) in [4.78, 5) is 15.7. The molecule has 2 aromatic rings. The number of halogens is 1. The molecule has 0 aromatic heterocycles. The van der Waals surface area contributed by atoms with Crippen molar-refractivity contribution in [2.45, 2.75) is 45.4 Å². The summed E-state index contributed by atoms with van der Waals surface area (Å²) in [6, 6.07) is 13.9. The van der Waals surface area contributed by atoms with Crippen LogP contribution in [-0.4, -0.2) is 23.8 Å². The van der Waals surface area contributed by atoms with E-state index in [2.05, 4.69) is 23.6 Å². The summed E-state index contributed by atoms with van der Waals surface area (Å²) in [5, 5.41) is 0. The highest BCUT2D eigenvalue weighted by Crippen LogP contribution is 2.29. The Balaban J connectivity index is 1.81. The maximum atomic E-state index is 13.5. The number of rotatable bonds is 8. The van der Waals surface area contributed by atoms with Crippen LogP contribution in [0.25, 0.3) is 0 Å². The minimum Gasteiger partial charge on any atom is -0.372 e. The van der Waals surface area contributed by atoms with Crippen LogP contribution in [0.15, 0.2) is 84.6 Å². The van der Waals surface area contributed by atoms with Gasteiger partial charge < -0.3 is 4.90 Å². The minimum absolute atomic E-state index is 0.0502. The predicted octanol–water partition coefficient (Wildman–Crippen LogP) is 6.99. The normalized spacial score (nSPS) is 15.8. The number of carbonyl (C=O) groups is 1. The molecule has 0 bridgehead atoms. The Kier molecular flexibility index (Phi) is 8.00. The molecular formula is C28H32FNO. The number of hydrogen-bond acceptors (Lipinski definition) is 2. The SMILES string of the molecule is C=C(/C=C\C(=C/C)CC(C(=O)c1ccc(C)cc1)c1ccc(F)cc1)N1CCCCC1. The van der Waals surface area contributed by atoms with Gasteiger partial charge in [-0.25, -0.2) is 4.39 Å². The molecule has 1 fully saturated rings. The van der Waals surface area contributed by atoms with Crippen LogP contribution in [0.2, 0.25) is 0 Å². The third-order valence-electron chi connectivity index (χ3n) is 5.99. The molecule has 0 radical (unpaired) electrons. The Labute approximate surface area is 185 Å². The molecule has 0 amide bonds. The standard InChI is InChI=1S/C28H32FNO/c1-4-23(11-10-22(3)30-18-6-5-7-19-30)20-27(24-14-16-26(29)17-15-24)28(31)25-12-8-21(2)9-13-25/h4,8-17,27H,3,5-7,18-20H2,1-2H3/b11-10-,23-4+. The molecule has 0 N–H and O–H groups in total. The van der Waals surface area contributed by atoms with Crippen LogP contribution in [0.3, 0.4) is 0 Å². The zero-order valence-corrected chi connectivity index (χ0v) is 18.6. The lowest BCUT2D eigenvalue weighted by Crippen LogP contribution is -2.27. The number of piperidine rings is 1. The van der Waals surface area contributed by atoms with Crippen molar-refractivity contribution < 1.29 is 9.18 Å². The first-order valence-corrected chi connectivity index (χ1v) is 11.1. The van der Waals surface area contributed by atoms with E-state index in [1.54, 1.807) is 12.1 Å². The number of aryl methyl sites for hydroxylation is 1. The maximum Gasteiger partial charge on any atom is 0.170 e. The fourth-order valence-corrected chi connectivity index (χ4v) is 3.98. The van der Waals surface area contributed by atoms with Gasteiger partial charge in [-0.1, -0.05) is 66.3 Å². The first-order valence-electron chi connectivity index (χ1n) is 11.1. The summed E-state index contributed by atoms with van der Waals surface area (Å²) in [5.41, 5.74) is 4.70. The van der Waals surface area contributed by atoms with E-state index < -0.39 is 0 Å². The van der Waals surface area contributed by atoms with Crippen LogP contribution in [0.5, 0.6) is 0 Å². The van der Waals surface area contributed by atoms with Gasteiger partial charge in [0, 0.05) is 24.4 Å². The van der Waals surface area contributed by atoms with Crippen molar-refractivity contribution in [1.82, 2.24) is 4.90 Å². The lowest BCUT2D eigenvalue weighted by Gasteiger charge is -2.29. The molecule has 1 unspecified atom stereocenters. The lowest BCUT2D eigenvalue weighted by atomic mass is 9.85. The number of allylic oxidation sites excluding steroid dienone is 4. The highest BCUT2D eigenvalue weighted by atomic mass is 19.1. The second kappa shape index (κ2) is 10.9. The molecular weight excluding hydrogens is 385 g/mol. The van der Waals surface area contributed by atoms with Crippen molar-refractivity contribution >= 4 is 5.78 Å². The van der Waals surface area contributed by atoms with E-state index in [1.165, 1.54) is 31.4 Å². The monoisotopic (exact) mass is 417 g/mol. The Bertz CT molecular complexity index is 948. The van der Waals surface area contributed by atoms with Crippen molar-refractivity contribution in [1.29, 1.82) is 0 Å². The van der Waals surface area contributed by atoms with Gasteiger partial charge in [-0.3, -0.25) is 4.79 Å². The number of Topliss-reactive ketones (excluding diaryl/α,β-unsaturated/α-hetero) is 1. The Hall–Kier alpha value is -2.94. The average molecular weight is 418 g/mol. The lowest BCUT2D eigenvalue weighted by molar-refractivity contribution is 0.0959. The highest BCUT2D eigenvalue weighted by molar-refractivity contribution is 6.01. The smallest absolute Gasteiger partial charge is 0.170 e. The molecule has 1 saturated heterocycles. The van der Waals surface area contributed by atoms with Gasteiger partial charge in [-0.05, 0) is 63.3 Å². The Morgan fingerprint density at radius 2 is 1.68 bits per heavy atom. The van der Waals surface area contributed by atoms with Gasteiger partial charge in [-0.2, -0.15) is 0 Å². The van der Waals surface area contributed by atoms with Gasteiger partial charge in [0.1, 0.15) is 5.82 Å². The van der Waals surface area contributed by atoms with E-state index in [4.69, 9.17) is 0 Å². The second-order valence-corrected chi connectivity index (χ2v) is 8.27. The first kappa shape index (κ1) is 22.7. The molecule has 162 valence electrons. The molecule has 1 heterocycles. The molecule has 3 heteroatoms. The van der Waals surface area contributed by atoms with Crippen molar-refractivity contribution in [3.05, 3.63) is 107 Å². The third kappa shape index (κ3) is 6.27. The van der Waals surface area contributed by atoms with E-state index in [0.717, 1.165) is 35.5 Å². The summed E-state index contributed by atoms with van der Waals surface area (Å²) >= 11 is 0. The second-order valence-electron chi connectivity index (χ2n) is 8.27. The number of ketones is 1. The van der Waals surface area contributed by atoms with Crippen LogP contribution in [0, 0.1) is 12.7 Å². The Morgan fingerprint density at radius 1 is 1.03 bits per heavy atom. The van der Waals surface area contributed by atoms with Crippen molar-refractivity contribution in [3.63, 3.8) is 0 Å². The molecule has 2 aromatic carbocycles. The van der Waals surface area contributed by atoms with Gasteiger partial charge >= 0.3 is 0 Å². The van der Waals surface area contributed by atoms with Crippen molar-refractivity contribution in [2.24, 2.45) is 0 Å². The van der Waals surface area contributed by atoms with E-state index in [-0.39, 0.29) is 17.5 Å². The van der Waals surface area contributed by atoms with E-state index in [9.17, 15) is 9.18 Å². The van der Waals surface area contributed by atoms with Crippen LogP contribution < -0.4 is 0 Å². The molecule has 3 rings (SSSR count).